The van der Waals surface area contributed by atoms with E-state index in [0.717, 1.165) is 5.92 Å². The molecule has 4 heteroatoms. The molecule has 1 aromatic heterocycles. The van der Waals surface area contributed by atoms with Gasteiger partial charge in [-0.1, -0.05) is 12.0 Å². The summed E-state index contributed by atoms with van der Waals surface area (Å²) in [6.07, 6.45) is 1.21. The number of aromatic nitrogens is 2. The number of aryl methyl sites for hydroxylation is 1. The zero-order valence-corrected chi connectivity index (χ0v) is 6.66. The number of nitrogens with one attached hydrogen (secondary N) is 1. The first kappa shape index (κ1) is 6.64. The van der Waals surface area contributed by atoms with Gasteiger partial charge in [0.05, 0.1) is 0 Å². The molecule has 1 N–H and O–H groups in total. The first-order valence-electron chi connectivity index (χ1n) is 3.82. The van der Waals surface area contributed by atoms with Crippen molar-refractivity contribution < 1.29 is 4.42 Å². The Kier molecular flexibility index (Phi) is 1.34. The summed E-state index contributed by atoms with van der Waals surface area (Å²) in [4.78, 5) is 0. The van der Waals surface area contributed by atoms with Crippen molar-refractivity contribution in [2.75, 3.05) is 5.32 Å². The van der Waals surface area contributed by atoms with E-state index < -0.39 is 0 Å². The Morgan fingerprint density at radius 1 is 1.55 bits per heavy atom. The summed E-state index contributed by atoms with van der Waals surface area (Å²) in [5.74, 6) is 1.36. The van der Waals surface area contributed by atoms with Crippen LogP contribution in [0.4, 0.5) is 6.01 Å². The lowest BCUT2D eigenvalue weighted by atomic mass is 10.5. The lowest BCUT2D eigenvalue weighted by Gasteiger charge is -1.94. The zero-order chi connectivity index (χ0) is 7.84. The van der Waals surface area contributed by atoms with Gasteiger partial charge in [-0.3, -0.25) is 0 Å². The summed E-state index contributed by atoms with van der Waals surface area (Å²) in [6, 6.07) is 1.10. The van der Waals surface area contributed by atoms with Crippen molar-refractivity contribution in [1.82, 2.24) is 10.2 Å². The Bertz CT molecular complexity index is 258. The Balaban J connectivity index is 1.96. The highest BCUT2D eigenvalue weighted by Gasteiger charge is 2.33. The van der Waals surface area contributed by atoms with E-state index in [4.69, 9.17) is 4.42 Å². The SMILES string of the molecule is Cc1nnc(N[C@@H]2C[C@H]2C)o1. The fourth-order valence-electron chi connectivity index (χ4n) is 1.04. The minimum absolute atomic E-state index is 0.551. The van der Waals surface area contributed by atoms with Crippen molar-refractivity contribution in [3.63, 3.8) is 0 Å². The highest BCUT2D eigenvalue weighted by molar-refractivity contribution is 5.23. The van der Waals surface area contributed by atoms with E-state index in [1.165, 1.54) is 6.42 Å². The molecule has 0 saturated heterocycles. The molecule has 1 aliphatic carbocycles. The monoisotopic (exact) mass is 153 g/mol. The van der Waals surface area contributed by atoms with E-state index in [1.807, 2.05) is 0 Å². The molecular weight excluding hydrogens is 142 g/mol. The Morgan fingerprint density at radius 2 is 2.27 bits per heavy atom. The molecule has 2 rings (SSSR count). The molecule has 1 aliphatic rings. The number of anilines is 1. The van der Waals surface area contributed by atoms with Gasteiger partial charge in [-0.25, -0.2) is 0 Å². The van der Waals surface area contributed by atoms with Crippen LogP contribution in [-0.4, -0.2) is 16.2 Å². The van der Waals surface area contributed by atoms with E-state index in [0.29, 0.717) is 17.9 Å². The molecule has 11 heavy (non-hydrogen) atoms. The van der Waals surface area contributed by atoms with Crippen LogP contribution in [0.5, 0.6) is 0 Å². The van der Waals surface area contributed by atoms with Gasteiger partial charge in [-0.15, -0.1) is 5.10 Å². The van der Waals surface area contributed by atoms with Crippen LogP contribution in [0.2, 0.25) is 0 Å². The molecule has 0 spiro atoms. The topological polar surface area (TPSA) is 51.0 Å². The third kappa shape index (κ3) is 1.34. The maximum Gasteiger partial charge on any atom is 0.315 e. The van der Waals surface area contributed by atoms with Crippen LogP contribution in [-0.2, 0) is 0 Å². The van der Waals surface area contributed by atoms with Crippen LogP contribution in [0.3, 0.4) is 0 Å². The molecule has 4 nitrogen and oxygen atoms in total. The number of nitrogens with zero attached hydrogens (tertiary/aromatic N) is 2. The van der Waals surface area contributed by atoms with Crippen LogP contribution < -0.4 is 5.32 Å². The first-order chi connectivity index (χ1) is 5.25. The third-order valence-electron chi connectivity index (χ3n) is 1.94. The number of hydrogen-bond acceptors (Lipinski definition) is 4. The van der Waals surface area contributed by atoms with E-state index in [-0.39, 0.29) is 0 Å². The summed E-state index contributed by atoms with van der Waals surface area (Å²) in [7, 11) is 0. The molecule has 60 valence electrons. The average molecular weight is 153 g/mol. The molecule has 0 bridgehead atoms. The smallest absolute Gasteiger partial charge is 0.315 e. The van der Waals surface area contributed by atoms with Gasteiger partial charge in [-0.05, 0) is 12.3 Å². The van der Waals surface area contributed by atoms with Crippen LogP contribution in [0.15, 0.2) is 4.42 Å². The van der Waals surface area contributed by atoms with E-state index in [1.54, 1.807) is 6.92 Å². The van der Waals surface area contributed by atoms with Crippen molar-refractivity contribution in [2.45, 2.75) is 26.3 Å². The van der Waals surface area contributed by atoms with Gasteiger partial charge in [0, 0.05) is 13.0 Å². The van der Waals surface area contributed by atoms with Crippen molar-refractivity contribution >= 4 is 6.01 Å². The van der Waals surface area contributed by atoms with Gasteiger partial charge in [0.25, 0.3) is 0 Å². The minimum Gasteiger partial charge on any atom is -0.408 e. The summed E-state index contributed by atoms with van der Waals surface area (Å²) in [5, 5.41) is 10.7. The average Bonchev–Trinajstić information content (AvgIpc) is 2.42. The summed E-state index contributed by atoms with van der Waals surface area (Å²) in [6.45, 7) is 3.98. The second kappa shape index (κ2) is 2.22. The van der Waals surface area contributed by atoms with Crippen LogP contribution >= 0.6 is 0 Å². The fourth-order valence-corrected chi connectivity index (χ4v) is 1.04. The van der Waals surface area contributed by atoms with Gasteiger partial charge in [0.2, 0.25) is 5.89 Å². The van der Waals surface area contributed by atoms with Crippen molar-refractivity contribution in [2.24, 2.45) is 5.92 Å². The number of hydrogen-bond donors (Lipinski definition) is 1. The second-order valence-electron chi connectivity index (χ2n) is 3.09. The quantitative estimate of drug-likeness (QED) is 0.693. The Hall–Kier alpha value is -1.06. The highest BCUT2D eigenvalue weighted by Crippen LogP contribution is 2.31. The van der Waals surface area contributed by atoms with Gasteiger partial charge < -0.3 is 9.73 Å². The largest absolute Gasteiger partial charge is 0.408 e. The zero-order valence-electron chi connectivity index (χ0n) is 6.66. The predicted molar refractivity (Wildman–Crippen MR) is 40.2 cm³/mol. The van der Waals surface area contributed by atoms with Crippen molar-refractivity contribution in [1.29, 1.82) is 0 Å². The van der Waals surface area contributed by atoms with E-state index in [9.17, 15) is 0 Å². The summed E-state index contributed by atoms with van der Waals surface area (Å²) >= 11 is 0. The standard InChI is InChI=1S/C7H11N3O/c1-4-3-6(4)8-7-10-9-5(2)11-7/h4,6H,3H2,1-2H3,(H,8,10)/t4-,6-/m1/s1. The fraction of sp³-hybridized carbons (Fsp3) is 0.714. The maximum absolute atomic E-state index is 5.15. The maximum atomic E-state index is 5.15. The van der Waals surface area contributed by atoms with Crippen molar-refractivity contribution in [3.05, 3.63) is 5.89 Å². The molecule has 0 unspecified atom stereocenters. The van der Waals surface area contributed by atoms with E-state index in [2.05, 4.69) is 22.4 Å². The lowest BCUT2D eigenvalue weighted by Crippen LogP contribution is -2.03. The summed E-state index contributed by atoms with van der Waals surface area (Å²) in [5.41, 5.74) is 0. The Labute approximate surface area is 65.0 Å². The summed E-state index contributed by atoms with van der Waals surface area (Å²) < 4.78 is 5.15. The van der Waals surface area contributed by atoms with Gasteiger partial charge >= 0.3 is 6.01 Å². The van der Waals surface area contributed by atoms with Crippen molar-refractivity contribution in [3.8, 4) is 0 Å². The molecule has 2 atom stereocenters. The van der Waals surface area contributed by atoms with Crippen LogP contribution in [0.25, 0.3) is 0 Å². The normalized spacial score (nSPS) is 28.5. The molecule has 0 aliphatic heterocycles. The Morgan fingerprint density at radius 3 is 2.73 bits per heavy atom. The van der Waals surface area contributed by atoms with Gasteiger partial charge in [0.15, 0.2) is 0 Å². The second-order valence-corrected chi connectivity index (χ2v) is 3.09. The highest BCUT2D eigenvalue weighted by atomic mass is 16.4. The molecule has 0 aromatic carbocycles. The molecule has 1 heterocycles. The van der Waals surface area contributed by atoms with Gasteiger partial charge in [-0.2, -0.15) is 0 Å². The molecule has 0 radical (unpaired) electrons. The van der Waals surface area contributed by atoms with Gasteiger partial charge in [0.1, 0.15) is 0 Å². The lowest BCUT2D eigenvalue weighted by molar-refractivity contribution is 0.529. The molecule has 1 aromatic rings. The molecule has 0 amide bonds. The van der Waals surface area contributed by atoms with Crippen LogP contribution in [0, 0.1) is 12.8 Å². The minimum atomic E-state index is 0.551. The predicted octanol–water partition coefficient (Wildman–Crippen LogP) is 1.20. The van der Waals surface area contributed by atoms with E-state index >= 15 is 0 Å². The first-order valence-corrected chi connectivity index (χ1v) is 3.82. The van der Waals surface area contributed by atoms with Crippen LogP contribution in [0.1, 0.15) is 19.2 Å². The molecular formula is C7H11N3O. The molecule has 1 fully saturated rings. The molecule has 1 saturated carbocycles. The third-order valence-corrected chi connectivity index (χ3v) is 1.94. The number of rotatable bonds is 2.